The van der Waals surface area contributed by atoms with E-state index < -0.39 is 0 Å². The van der Waals surface area contributed by atoms with Gasteiger partial charge in [0, 0.05) is 25.0 Å². The number of nitrogens with zero attached hydrogens (tertiary/aromatic N) is 1. The number of carbonyl (C=O) groups is 1. The SMILES string of the molecule is CC[C@@H]1CN(C(=O)C(C)C)CC[C@H]1N. The first-order valence-electron chi connectivity index (χ1n) is 5.60. The molecule has 0 radical (unpaired) electrons. The molecule has 0 aromatic rings. The predicted molar refractivity (Wildman–Crippen MR) is 57.8 cm³/mol. The van der Waals surface area contributed by atoms with Gasteiger partial charge in [0.15, 0.2) is 0 Å². The maximum absolute atomic E-state index is 11.8. The van der Waals surface area contributed by atoms with E-state index in [4.69, 9.17) is 5.73 Å². The number of hydrogen-bond donors (Lipinski definition) is 1. The van der Waals surface area contributed by atoms with Crippen LogP contribution in [0.4, 0.5) is 0 Å². The zero-order valence-electron chi connectivity index (χ0n) is 9.49. The van der Waals surface area contributed by atoms with Gasteiger partial charge < -0.3 is 10.6 Å². The largest absolute Gasteiger partial charge is 0.342 e. The molecule has 0 spiro atoms. The molecule has 0 bridgehead atoms. The first-order valence-corrected chi connectivity index (χ1v) is 5.60. The van der Waals surface area contributed by atoms with Crippen LogP contribution in [-0.2, 0) is 4.79 Å². The molecular weight excluding hydrogens is 176 g/mol. The minimum Gasteiger partial charge on any atom is -0.342 e. The van der Waals surface area contributed by atoms with E-state index in [0.29, 0.717) is 5.92 Å². The van der Waals surface area contributed by atoms with Crippen LogP contribution in [0, 0.1) is 11.8 Å². The molecule has 3 nitrogen and oxygen atoms in total. The molecule has 1 amide bonds. The summed E-state index contributed by atoms with van der Waals surface area (Å²) < 4.78 is 0. The third kappa shape index (κ3) is 2.47. The van der Waals surface area contributed by atoms with Gasteiger partial charge >= 0.3 is 0 Å². The Balaban J connectivity index is 2.54. The molecule has 0 aromatic heterocycles. The fourth-order valence-corrected chi connectivity index (χ4v) is 2.05. The van der Waals surface area contributed by atoms with Gasteiger partial charge in [-0.25, -0.2) is 0 Å². The molecule has 0 saturated carbocycles. The van der Waals surface area contributed by atoms with E-state index in [2.05, 4.69) is 6.92 Å². The maximum atomic E-state index is 11.8. The Morgan fingerprint density at radius 1 is 1.57 bits per heavy atom. The topological polar surface area (TPSA) is 46.3 Å². The van der Waals surface area contributed by atoms with Crippen molar-refractivity contribution in [3.05, 3.63) is 0 Å². The standard InChI is InChI=1S/C11H22N2O/c1-4-9-7-13(6-5-10(9)12)11(14)8(2)3/h8-10H,4-7,12H2,1-3H3/t9-,10-/m1/s1. The lowest BCUT2D eigenvalue weighted by molar-refractivity contribution is -0.136. The zero-order valence-corrected chi connectivity index (χ0v) is 9.49. The highest BCUT2D eigenvalue weighted by Crippen LogP contribution is 2.19. The van der Waals surface area contributed by atoms with Crippen molar-refractivity contribution in [1.29, 1.82) is 0 Å². The molecular formula is C11H22N2O. The molecule has 3 heteroatoms. The van der Waals surface area contributed by atoms with Crippen LogP contribution in [0.5, 0.6) is 0 Å². The van der Waals surface area contributed by atoms with Gasteiger partial charge in [0.05, 0.1) is 0 Å². The Morgan fingerprint density at radius 3 is 2.71 bits per heavy atom. The number of rotatable bonds is 2. The average molecular weight is 198 g/mol. The molecule has 2 N–H and O–H groups in total. The summed E-state index contributed by atoms with van der Waals surface area (Å²) in [7, 11) is 0. The number of carbonyl (C=O) groups excluding carboxylic acids is 1. The predicted octanol–water partition coefficient (Wildman–Crippen LogP) is 1.23. The molecule has 0 aromatic carbocycles. The first-order chi connectivity index (χ1) is 6.56. The molecule has 1 heterocycles. The third-order valence-corrected chi connectivity index (χ3v) is 3.12. The summed E-state index contributed by atoms with van der Waals surface area (Å²) in [5, 5.41) is 0. The Labute approximate surface area is 86.6 Å². The van der Waals surface area contributed by atoms with Crippen molar-refractivity contribution < 1.29 is 4.79 Å². The molecule has 82 valence electrons. The van der Waals surface area contributed by atoms with Crippen LogP contribution in [0.2, 0.25) is 0 Å². The van der Waals surface area contributed by atoms with Crippen LogP contribution in [0.1, 0.15) is 33.6 Å². The van der Waals surface area contributed by atoms with Crippen LogP contribution in [0.3, 0.4) is 0 Å². The summed E-state index contributed by atoms with van der Waals surface area (Å²) >= 11 is 0. The van der Waals surface area contributed by atoms with E-state index in [-0.39, 0.29) is 17.9 Å². The first kappa shape index (κ1) is 11.5. The van der Waals surface area contributed by atoms with Gasteiger partial charge in [-0.2, -0.15) is 0 Å². The van der Waals surface area contributed by atoms with Crippen LogP contribution in [0.25, 0.3) is 0 Å². The zero-order chi connectivity index (χ0) is 10.7. The Morgan fingerprint density at radius 2 is 2.21 bits per heavy atom. The van der Waals surface area contributed by atoms with Crippen LogP contribution < -0.4 is 5.73 Å². The van der Waals surface area contributed by atoms with Crippen molar-refractivity contribution in [2.75, 3.05) is 13.1 Å². The number of likely N-dealkylation sites (tertiary alicyclic amines) is 1. The van der Waals surface area contributed by atoms with Gasteiger partial charge in [0.25, 0.3) is 0 Å². The summed E-state index contributed by atoms with van der Waals surface area (Å²) in [6.45, 7) is 7.76. The number of nitrogens with two attached hydrogens (primary N) is 1. The third-order valence-electron chi connectivity index (χ3n) is 3.12. The normalized spacial score (nSPS) is 28.2. The van der Waals surface area contributed by atoms with Gasteiger partial charge in [-0.15, -0.1) is 0 Å². The number of hydrogen-bond acceptors (Lipinski definition) is 2. The average Bonchev–Trinajstić information content (AvgIpc) is 2.17. The highest BCUT2D eigenvalue weighted by Gasteiger charge is 2.28. The summed E-state index contributed by atoms with van der Waals surface area (Å²) in [4.78, 5) is 13.7. The van der Waals surface area contributed by atoms with E-state index in [1.54, 1.807) is 0 Å². The molecule has 1 rings (SSSR count). The molecule has 2 atom stereocenters. The second-order valence-electron chi connectivity index (χ2n) is 4.56. The summed E-state index contributed by atoms with van der Waals surface area (Å²) in [6, 6.07) is 0.288. The monoisotopic (exact) mass is 198 g/mol. The van der Waals surface area contributed by atoms with E-state index in [1.807, 2.05) is 18.7 Å². The Hall–Kier alpha value is -0.570. The molecule has 1 saturated heterocycles. The van der Waals surface area contributed by atoms with Crippen molar-refractivity contribution in [3.63, 3.8) is 0 Å². The molecule has 14 heavy (non-hydrogen) atoms. The van der Waals surface area contributed by atoms with E-state index in [0.717, 1.165) is 25.9 Å². The molecule has 1 fully saturated rings. The van der Waals surface area contributed by atoms with Gasteiger partial charge in [-0.05, 0) is 12.3 Å². The minimum absolute atomic E-state index is 0.113. The minimum atomic E-state index is 0.113. The van der Waals surface area contributed by atoms with Crippen LogP contribution in [-0.4, -0.2) is 29.9 Å². The highest BCUT2D eigenvalue weighted by atomic mass is 16.2. The van der Waals surface area contributed by atoms with E-state index in [9.17, 15) is 4.79 Å². The number of piperidine rings is 1. The lowest BCUT2D eigenvalue weighted by Gasteiger charge is -2.37. The lowest BCUT2D eigenvalue weighted by Crippen LogP contribution is -2.50. The molecule has 1 aliphatic heterocycles. The Kier molecular flexibility index (Phi) is 3.93. The van der Waals surface area contributed by atoms with Gasteiger partial charge in [-0.3, -0.25) is 4.79 Å². The van der Waals surface area contributed by atoms with Crippen molar-refractivity contribution in [3.8, 4) is 0 Å². The fourth-order valence-electron chi connectivity index (χ4n) is 2.05. The van der Waals surface area contributed by atoms with Crippen LogP contribution in [0.15, 0.2) is 0 Å². The second-order valence-corrected chi connectivity index (χ2v) is 4.56. The second kappa shape index (κ2) is 4.78. The summed E-state index contributed by atoms with van der Waals surface area (Å²) in [6.07, 6.45) is 2.03. The Bertz CT molecular complexity index is 203. The van der Waals surface area contributed by atoms with Crippen LogP contribution >= 0.6 is 0 Å². The molecule has 0 unspecified atom stereocenters. The van der Waals surface area contributed by atoms with Crippen molar-refractivity contribution in [2.45, 2.75) is 39.7 Å². The maximum Gasteiger partial charge on any atom is 0.225 e. The summed E-state index contributed by atoms with van der Waals surface area (Å²) in [5.41, 5.74) is 5.99. The summed E-state index contributed by atoms with van der Waals surface area (Å²) in [5.74, 6) is 0.878. The van der Waals surface area contributed by atoms with E-state index in [1.165, 1.54) is 0 Å². The quantitative estimate of drug-likeness (QED) is 0.725. The van der Waals surface area contributed by atoms with Crippen molar-refractivity contribution in [1.82, 2.24) is 4.90 Å². The van der Waals surface area contributed by atoms with Gasteiger partial charge in [0.2, 0.25) is 5.91 Å². The van der Waals surface area contributed by atoms with Crippen molar-refractivity contribution >= 4 is 5.91 Å². The fraction of sp³-hybridized carbons (Fsp3) is 0.909. The highest BCUT2D eigenvalue weighted by molar-refractivity contribution is 5.78. The van der Waals surface area contributed by atoms with E-state index >= 15 is 0 Å². The number of amides is 1. The van der Waals surface area contributed by atoms with Crippen molar-refractivity contribution in [2.24, 2.45) is 17.6 Å². The molecule has 0 aliphatic carbocycles. The molecule has 1 aliphatic rings. The smallest absolute Gasteiger partial charge is 0.225 e. The van der Waals surface area contributed by atoms with Gasteiger partial charge in [0.1, 0.15) is 0 Å². The van der Waals surface area contributed by atoms with Gasteiger partial charge in [-0.1, -0.05) is 27.2 Å². The lowest BCUT2D eigenvalue weighted by atomic mass is 9.90.